The Balaban J connectivity index is 0.000000263. The summed E-state index contributed by atoms with van der Waals surface area (Å²) in [6.07, 6.45) is 3.33. The zero-order chi connectivity index (χ0) is 19.0. The van der Waals surface area contributed by atoms with E-state index in [2.05, 4.69) is 20.0 Å². The predicted octanol–water partition coefficient (Wildman–Crippen LogP) is -2.13. The van der Waals surface area contributed by atoms with E-state index in [1.54, 1.807) is 0 Å². The summed E-state index contributed by atoms with van der Waals surface area (Å²) < 4.78 is 0. The Labute approximate surface area is 160 Å². The molecule has 1 atom stereocenters. The minimum atomic E-state index is 0.604. The fourth-order valence-corrected chi connectivity index (χ4v) is 3.61. The topological polar surface area (TPSA) is 126 Å². The van der Waals surface area contributed by atoms with Gasteiger partial charge in [0.05, 0.1) is 0 Å². The Hall–Kier alpha value is -0.320. The molecule has 2 rings (SSSR count). The highest BCUT2D eigenvalue weighted by Gasteiger charge is 2.20. The van der Waals surface area contributed by atoms with Gasteiger partial charge in [-0.25, -0.2) is 0 Å². The van der Waals surface area contributed by atoms with Gasteiger partial charge >= 0.3 is 0 Å². The van der Waals surface area contributed by atoms with Crippen LogP contribution in [0.2, 0.25) is 0 Å². The minimum absolute atomic E-state index is 0.604. The van der Waals surface area contributed by atoms with Crippen LogP contribution in [-0.4, -0.2) is 112 Å². The average Bonchev–Trinajstić information content (AvgIpc) is 2.68. The quantitative estimate of drug-likeness (QED) is 0.294. The number of hydrogen-bond donors (Lipinski definition) is 5. The van der Waals surface area contributed by atoms with E-state index in [-0.39, 0.29) is 0 Å². The second-order valence-electron chi connectivity index (χ2n) is 7.23. The number of nitrogens with two attached hydrogens (primary N) is 4. The molecular weight excluding hydrogens is 328 g/mol. The Bertz CT molecular complexity index is 276. The zero-order valence-corrected chi connectivity index (χ0v) is 16.7. The lowest BCUT2D eigenvalue weighted by Gasteiger charge is -2.35. The van der Waals surface area contributed by atoms with Crippen LogP contribution in [0.25, 0.3) is 0 Å². The summed E-state index contributed by atoms with van der Waals surface area (Å²) >= 11 is 0. The summed E-state index contributed by atoms with van der Waals surface area (Å²) in [5, 5.41) is 3.37. The maximum atomic E-state index is 5.53. The van der Waals surface area contributed by atoms with Gasteiger partial charge in [0.2, 0.25) is 0 Å². The van der Waals surface area contributed by atoms with Crippen LogP contribution < -0.4 is 28.3 Å². The molecule has 2 saturated heterocycles. The zero-order valence-electron chi connectivity index (χ0n) is 16.7. The predicted molar refractivity (Wildman–Crippen MR) is 111 cm³/mol. The first-order valence-electron chi connectivity index (χ1n) is 10.4. The van der Waals surface area contributed by atoms with E-state index in [1.165, 1.54) is 39.3 Å². The van der Waals surface area contributed by atoms with Gasteiger partial charge in [0.15, 0.2) is 0 Å². The van der Waals surface area contributed by atoms with Crippen molar-refractivity contribution in [3.63, 3.8) is 0 Å². The third kappa shape index (κ3) is 10.1. The number of nitrogens with one attached hydrogen (secondary N) is 1. The van der Waals surface area contributed by atoms with Crippen molar-refractivity contribution < 1.29 is 0 Å². The molecule has 1 unspecified atom stereocenters. The van der Waals surface area contributed by atoms with Gasteiger partial charge in [-0.15, -0.1) is 0 Å². The molecule has 2 fully saturated rings. The van der Waals surface area contributed by atoms with Crippen LogP contribution in [0.4, 0.5) is 0 Å². The normalized spacial score (nSPS) is 22.8. The smallest absolute Gasteiger partial charge is 0.0233 e. The van der Waals surface area contributed by atoms with Crippen LogP contribution >= 0.6 is 0 Å². The van der Waals surface area contributed by atoms with E-state index in [0.29, 0.717) is 6.04 Å². The highest BCUT2D eigenvalue weighted by Crippen LogP contribution is 2.05. The van der Waals surface area contributed by atoms with E-state index in [0.717, 1.165) is 71.6 Å². The highest BCUT2D eigenvalue weighted by atomic mass is 15.3. The van der Waals surface area contributed by atoms with Gasteiger partial charge < -0.3 is 38.1 Å². The number of piperazine rings is 2. The van der Waals surface area contributed by atoms with E-state index in [1.807, 2.05) is 0 Å². The monoisotopic (exact) mass is 372 g/mol. The van der Waals surface area contributed by atoms with Crippen LogP contribution in [0, 0.1) is 0 Å². The third-order valence-electron chi connectivity index (χ3n) is 5.21. The maximum absolute atomic E-state index is 5.53. The summed E-state index contributed by atoms with van der Waals surface area (Å²) in [6.45, 7) is 14.6. The van der Waals surface area contributed by atoms with Crippen molar-refractivity contribution in [1.82, 2.24) is 20.0 Å². The number of hydrogen-bond acceptors (Lipinski definition) is 8. The molecule has 0 aliphatic carbocycles. The van der Waals surface area contributed by atoms with Gasteiger partial charge in [-0.3, -0.25) is 4.90 Å². The highest BCUT2D eigenvalue weighted by molar-refractivity contribution is 4.79. The fourth-order valence-electron chi connectivity index (χ4n) is 3.61. The molecule has 0 radical (unpaired) electrons. The first-order chi connectivity index (χ1) is 12.7. The lowest BCUT2D eigenvalue weighted by Crippen LogP contribution is -2.53. The molecule has 0 aromatic rings. The van der Waals surface area contributed by atoms with Crippen molar-refractivity contribution in [2.45, 2.75) is 25.3 Å². The second-order valence-corrected chi connectivity index (χ2v) is 7.23. The Morgan fingerprint density at radius 2 is 1.27 bits per heavy atom. The van der Waals surface area contributed by atoms with Crippen LogP contribution in [0.15, 0.2) is 0 Å². The third-order valence-corrected chi connectivity index (χ3v) is 5.21. The molecule has 0 saturated carbocycles. The maximum Gasteiger partial charge on any atom is 0.0233 e. The van der Waals surface area contributed by atoms with Crippen molar-refractivity contribution in [3.05, 3.63) is 0 Å². The lowest BCUT2D eigenvalue weighted by molar-refractivity contribution is 0.131. The van der Waals surface area contributed by atoms with Crippen molar-refractivity contribution in [2.75, 3.05) is 91.6 Å². The lowest BCUT2D eigenvalue weighted by atomic mass is 10.1. The second kappa shape index (κ2) is 15.7. The van der Waals surface area contributed by atoms with E-state index >= 15 is 0 Å². The Morgan fingerprint density at radius 1 is 0.692 bits per heavy atom. The van der Waals surface area contributed by atoms with E-state index in [9.17, 15) is 0 Å². The summed E-state index contributed by atoms with van der Waals surface area (Å²) in [5.41, 5.74) is 22.0. The standard InChI is InChI=1S/C10H24N4.C8H20N4/c11-3-1-5-13-7-9-14(10-8-13)6-2-4-12;9-2-1-8-7-11-4-6-12(8)5-3-10/h1-12H2;8,11H,1-7,9-10H2. The van der Waals surface area contributed by atoms with Gasteiger partial charge in [0, 0.05) is 64.9 Å². The van der Waals surface area contributed by atoms with E-state index < -0.39 is 0 Å². The molecule has 2 aliphatic heterocycles. The molecule has 0 aromatic carbocycles. The molecule has 8 heteroatoms. The largest absolute Gasteiger partial charge is 0.330 e. The minimum Gasteiger partial charge on any atom is -0.330 e. The van der Waals surface area contributed by atoms with Crippen LogP contribution in [0.3, 0.4) is 0 Å². The molecule has 156 valence electrons. The molecule has 9 N–H and O–H groups in total. The Morgan fingerprint density at radius 3 is 1.73 bits per heavy atom. The molecule has 0 bridgehead atoms. The molecule has 8 nitrogen and oxygen atoms in total. The molecule has 2 heterocycles. The van der Waals surface area contributed by atoms with Gasteiger partial charge in [-0.2, -0.15) is 0 Å². The van der Waals surface area contributed by atoms with Crippen molar-refractivity contribution >= 4 is 0 Å². The summed E-state index contributed by atoms with van der Waals surface area (Å²) in [4.78, 5) is 7.45. The SMILES string of the molecule is NCCC1CNCCN1CCN.NCCCN1CCN(CCCN)CC1. The van der Waals surface area contributed by atoms with Gasteiger partial charge in [-0.1, -0.05) is 0 Å². The summed E-state index contributed by atoms with van der Waals surface area (Å²) in [5.74, 6) is 0. The molecular formula is C18H44N8. The number of rotatable bonds is 10. The Kier molecular flexibility index (Phi) is 14.3. The molecule has 0 aromatic heterocycles. The summed E-state index contributed by atoms with van der Waals surface area (Å²) in [6, 6.07) is 0.604. The first kappa shape index (κ1) is 23.7. The average molecular weight is 373 g/mol. The molecule has 0 spiro atoms. The molecule has 2 aliphatic rings. The van der Waals surface area contributed by atoms with Crippen LogP contribution in [0.5, 0.6) is 0 Å². The van der Waals surface area contributed by atoms with E-state index in [4.69, 9.17) is 22.9 Å². The first-order valence-corrected chi connectivity index (χ1v) is 10.4. The molecule has 26 heavy (non-hydrogen) atoms. The van der Waals surface area contributed by atoms with Crippen molar-refractivity contribution in [3.8, 4) is 0 Å². The van der Waals surface area contributed by atoms with Gasteiger partial charge in [0.25, 0.3) is 0 Å². The number of nitrogens with zero attached hydrogens (tertiary/aromatic N) is 3. The van der Waals surface area contributed by atoms with Crippen LogP contribution in [0.1, 0.15) is 19.3 Å². The van der Waals surface area contributed by atoms with Crippen LogP contribution in [-0.2, 0) is 0 Å². The van der Waals surface area contributed by atoms with Gasteiger partial charge in [0.1, 0.15) is 0 Å². The summed E-state index contributed by atoms with van der Waals surface area (Å²) in [7, 11) is 0. The van der Waals surface area contributed by atoms with Gasteiger partial charge in [-0.05, 0) is 52.0 Å². The fraction of sp³-hybridized carbons (Fsp3) is 1.00. The molecule has 0 amide bonds. The van der Waals surface area contributed by atoms with Crippen molar-refractivity contribution in [1.29, 1.82) is 0 Å². The van der Waals surface area contributed by atoms with Crippen molar-refractivity contribution in [2.24, 2.45) is 22.9 Å².